The standard InChI is InChI=1S/C25H21FN4O3S/c26-17-9-8-16(12-19(17)29-24(32)23(27)15-4-2-1-3-5-15)33-21-11-10-18-25(30-21)34-22(28-18)13-20(31)14-6-7-14/h1-5,8-12,14,23H,6-7,13,27H2,(H,29,32). The predicted octanol–water partition coefficient (Wildman–Crippen LogP) is 4.78. The molecule has 7 nitrogen and oxygen atoms in total. The summed E-state index contributed by atoms with van der Waals surface area (Å²) in [6, 6.07) is 15.3. The molecule has 5 rings (SSSR count). The number of nitrogens with zero attached hydrogens (tertiary/aromatic N) is 2. The number of thiazole rings is 1. The first-order valence-corrected chi connectivity index (χ1v) is 11.7. The van der Waals surface area contributed by atoms with Gasteiger partial charge in [0.25, 0.3) is 0 Å². The maximum Gasteiger partial charge on any atom is 0.245 e. The zero-order valence-corrected chi connectivity index (χ0v) is 18.8. The fourth-order valence-corrected chi connectivity index (χ4v) is 4.42. The number of ether oxygens (including phenoxy) is 1. The molecule has 0 radical (unpaired) electrons. The molecule has 1 aliphatic carbocycles. The van der Waals surface area contributed by atoms with Crippen LogP contribution in [-0.2, 0) is 16.0 Å². The summed E-state index contributed by atoms with van der Waals surface area (Å²) in [5.74, 6) is -0.152. The number of carbonyl (C=O) groups excluding carboxylic acids is 2. The topological polar surface area (TPSA) is 107 Å². The van der Waals surface area contributed by atoms with Crippen molar-refractivity contribution in [3.05, 3.63) is 77.1 Å². The largest absolute Gasteiger partial charge is 0.439 e. The van der Waals surface area contributed by atoms with E-state index in [0.29, 0.717) is 34.0 Å². The van der Waals surface area contributed by atoms with E-state index in [1.165, 1.54) is 29.5 Å². The highest BCUT2D eigenvalue weighted by molar-refractivity contribution is 7.18. The van der Waals surface area contributed by atoms with Crippen LogP contribution in [0.1, 0.15) is 29.5 Å². The van der Waals surface area contributed by atoms with Crippen molar-refractivity contribution in [2.45, 2.75) is 25.3 Å². The van der Waals surface area contributed by atoms with Crippen molar-refractivity contribution in [2.24, 2.45) is 11.7 Å². The van der Waals surface area contributed by atoms with Crippen molar-refractivity contribution in [1.29, 1.82) is 0 Å². The first kappa shape index (κ1) is 22.1. The average molecular weight is 477 g/mol. The van der Waals surface area contributed by atoms with Crippen LogP contribution in [0.2, 0.25) is 0 Å². The molecule has 1 unspecified atom stereocenters. The number of pyridine rings is 1. The molecule has 1 saturated carbocycles. The quantitative estimate of drug-likeness (QED) is 0.379. The van der Waals surface area contributed by atoms with Crippen LogP contribution in [0, 0.1) is 11.7 Å². The smallest absolute Gasteiger partial charge is 0.245 e. The summed E-state index contributed by atoms with van der Waals surface area (Å²) in [7, 11) is 0. The van der Waals surface area contributed by atoms with Gasteiger partial charge >= 0.3 is 0 Å². The number of nitrogens with one attached hydrogen (secondary N) is 1. The molecule has 0 aliphatic heterocycles. The summed E-state index contributed by atoms with van der Waals surface area (Å²) < 4.78 is 20.1. The highest BCUT2D eigenvalue weighted by atomic mass is 32.1. The summed E-state index contributed by atoms with van der Waals surface area (Å²) in [5.41, 5.74) is 7.26. The van der Waals surface area contributed by atoms with Crippen LogP contribution in [0.5, 0.6) is 11.6 Å². The van der Waals surface area contributed by atoms with E-state index in [1.54, 1.807) is 36.4 Å². The minimum atomic E-state index is -0.943. The maximum absolute atomic E-state index is 14.4. The number of Topliss-reactive ketones (excluding diaryl/α,β-unsaturated/α-hetero) is 1. The third-order valence-corrected chi connectivity index (χ3v) is 6.46. The minimum absolute atomic E-state index is 0.0476. The van der Waals surface area contributed by atoms with E-state index >= 15 is 0 Å². The lowest BCUT2D eigenvalue weighted by Gasteiger charge is -2.14. The average Bonchev–Trinajstić information content (AvgIpc) is 3.62. The molecule has 2 aromatic carbocycles. The second-order valence-corrected chi connectivity index (χ2v) is 9.18. The Labute approximate surface area is 198 Å². The van der Waals surface area contributed by atoms with Crippen molar-refractivity contribution in [2.75, 3.05) is 5.32 Å². The van der Waals surface area contributed by atoms with E-state index in [9.17, 15) is 14.0 Å². The van der Waals surface area contributed by atoms with Gasteiger partial charge in [-0.2, -0.15) is 0 Å². The van der Waals surface area contributed by atoms with Crippen molar-refractivity contribution < 1.29 is 18.7 Å². The molecule has 34 heavy (non-hydrogen) atoms. The van der Waals surface area contributed by atoms with Gasteiger partial charge in [0.1, 0.15) is 38.7 Å². The molecule has 4 aromatic rings. The van der Waals surface area contributed by atoms with Gasteiger partial charge in [0.05, 0.1) is 12.1 Å². The predicted molar refractivity (Wildman–Crippen MR) is 127 cm³/mol. The summed E-state index contributed by atoms with van der Waals surface area (Å²) in [5, 5.41) is 3.26. The molecule has 1 aliphatic rings. The van der Waals surface area contributed by atoms with Crippen molar-refractivity contribution in [3.63, 3.8) is 0 Å². The van der Waals surface area contributed by atoms with Crippen LogP contribution in [0.25, 0.3) is 10.3 Å². The minimum Gasteiger partial charge on any atom is -0.439 e. The lowest BCUT2D eigenvalue weighted by Crippen LogP contribution is -2.28. The van der Waals surface area contributed by atoms with Gasteiger partial charge in [-0.15, -0.1) is 0 Å². The number of fused-ring (bicyclic) bond motifs is 1. The third-order valence-electron chi connectivity index (χ3n) is 5.49. The van der Waals surface area contributed by atoms with Crippen LogP contribution in [0.15, 0.2) is 60.7 Å². The van der Waals surface area contributed by atoms with E-state index in [0.717, 1.165) is 17.8 Å². The van der Waals surface area contributed by atoms with E-state index in [2.05, 4.69) is 15.3 Å². The van der Waals surface area contributed by atoms with Gasteiger partial charge in [0, 0.05) is 18.1 Å². The van der Waals surface area contributed by atoms with E-state index in [1.807, 2.05) is 6.07 Å². The maximum atomic E-state index is 14.4. The van der Waals surface area contributed by atoms with E-state index < -0.39 is 17.8 Å². The SMILES string of the molecule is NC(C(=O)Nc1cc(Oc2ccc3nc(CC(=O)C4CC4)sc3n2)ccc1F)c1ccccc1. The van der Waals surface area contributed by atoms with Gasteiger partial charge in [0.15, 0.2) is 0 Å². The molecule has 0 spiro atoms. The third kappa shape index (κ3) is 4.95. The molecule has 172 valence electrons. The number of anilines is 1. The number of ketones is 1. The van der Waals surface area contributed by atoms with Crippen molar-refractivity contribution in [1.82, 2.24) is 9.97 Å². The Hall–Kier alpha value is -3.69. The van der Waals surface area contributed by atoms with Gasteiger partial charge in [-0.3, -0.25) is 9.59 Å². The fraction of sp³-hybridized carbons (Fsp3) is 0.200. The molecule has 1 fully saturated rings. The van der Waals surface area contributed by atoms with Gasteiger partial charge in [-0.25, -0.2) is 14.4 Å². The highest BCUT2D eigenvalue weighted by Gasteiger charge is 2.30. The van der Waals surface area contributed by atoms with Crippen molar-refractivity contribution >= 4 is 39.1 Å². The monoisotopic (exact) mass is 476 g/mol. The Morgan fingerprint density at radius 3 is 2.68 bits per heavy atom. The highest BCUT2D eigenvalue weighted by Crippen LogP contribution is 2.33. The first-order valence-electron chi connectivity index (χ1n) is 10.8. The summed E-state index contributed by atoms with van der Waals surface area (Å²) in [4.78, 5) is 34.2. The first-order chi connectivity index (χ1) is 16.5. The zero-order valence-electron chi connectivity index (χ0n) is 18.0. The molecular weight excluding hydrogens is 455 g/mol. The van der Waals surface area contributed by atoms with Crippen LogP contribution in [0.4, 0.5) is 10.1 Å². The molecule has 2 aromatic heterocycles. The number of rotatable bonds is 8. The number of halogens is 1. The molecule has 0 saturated heterocycles. The van der Waals surface area contributed by atoms with E-state index in [-0.39, 0.29) is 17.4 Å². The number of aromatic nitrogens is 2. The lowest BCUT2D eigenvalue weighted by molar-refractivity contribution is -0.119. The Balaban J connectivity index is 1.30. The second kappa shape index (κ2) is 9.28. The molecule has 1 atom stereocenters. The molecule has 0 bridgehead atoms. The van der Waals surface area contributed by atoms with E-state index in [4.69, 9.17) is 10.5 Å². The van der Waals surface area contributed by atoms with Crippen LogP contribution < -0.4 is 15.8 Å². The van der Waals surface area contributed by atoms with Gasteiger partial charge < -0.3 is 15.8 Å². The number of carbonyl (C=O) groups is 2. The Kier molecular flexibility index (Phi) is 6.04. The molecule has 9 heteroatoms. The van der Waals surface area contributed by atoms with Crippen LogP contribution in [-0.4, -0.2) is 21.7 Å². The molecule has 1 amide bonds. The second-order valence-electron chi connectivity index (χ2n) is 8.12. The number of amides is 1. The number of hydrogen-bond acceptors (Lipinski definition) is 7. The summed E-state index contributed by atoms with van der Waals surface area (Å²) >= 11 is 1.36. The fourth-order valence-electron chi connectivity index (χ4n) is 3.48. The lowest BCUT2D eigenvalue weighted by atomic mass is 10.1. The van der Waals surface area contributed by atoms with Crippen LogP contribution >= 0.6 is 11.3 Å². The van der Waals surface area contributed by atoms with Gasteiger partial charge in [0.2, 0.25) is 11.8 Å². The Morgan fingerprint density at radius 2 is 1.91 bits per heavy atom. The summed E-state index contributed by atoms with van der Waals surface area (Å²) in [6.07, 6.45) is 2.27. The van der Waals surface area contributed by atoms with Crippen molar-refractivity contribution in [3.8, 4) is 11.6 Å². The number of nitrogens with two attached hydrogens (primary N) is 1. The number of benzene rings is 2. The van der Waals surface area contributed by atoms with Gasteiger partial charge in [-0.1, -0.05) is 41.7 Å². The number of hydrogen-bond donors (Lipinski definition) is 2. The molecular formula is C25H21FN4O3S. The van der Waals surface area contributed by atoms with Gasteiger partial charge in [-0.05, 0) is 36.6 Å². The molecule has 3 N–H and O–H groups in total. The molecule has 2 heterocycles. The normalized spacial score (nSPS) is 14.1. The zero-order chi connectivity index (χ0) is 23.7. The Morgan fingerprint density at radius 1 is 1.12 bits per heavy atom. The van der Waals surface area contributed by atoms with Crippen LogP contribution in [0.3, 0.4) is 0 Å². The Bertz CT molecular complexity index is 1370. The summed E-state index contributed by atoms with van der Waals surface area (Å²) in [6.45, 7) is 0.